The van der Waals surface area contributed by atoms with Crippen LogP contribution in [0.5, 0.6) is 5.75 Å². The predicted octanol–water partition coefficient (Wildman–Crippen LogP) is 6.43. The van der Waals surface area contributed by atoms with Gasteiger partial charge in [0, 0.05) is 52.7 Å². The highest BCUT2D eigenvalue weighted by Gasteiger charge is 2.22. The Morgan fingerprint density at radius 1 is 1.05 bits per heavy atom. The summed E-state index contributed by atoms with van der Waals surface area (Å²) in [4.78, 5) is 26.0. The summed E-state index contributed by atoms with van der Waals surface area (Å²) in [5.74, 6) is 1.38. The number of nitrogens with zero attached hydrogens (tertiary/aromatic N) is 4. The van der Waals surface area contributed by atoms with Gasteiger partial charge in [0.1, 0.15) is 11.6 Å². The molecule has 1 fully saturated rings. The van der Waals surface area contributed by atoms with Crippen LogP contribution in [-0.4, -0.2) is 61.1 Å². The van der Waals surface area contributed by atoms with Crippen molar-refractivity contribution in [3.63, 3.8) is 0 Å². The molecule has 3 N–H and O–H groups in total. The topological polar surface area (TPSA) is 94.6 Å². The van der Waals surface area contributed by atoms with E-state index >= 15 is 0 Å². The van der Waals surface area contributed by atoms with E-state index in [1.807, 2.05) is 36.4 Å². The normalized spacial score (nSPS) is 13.7. The van der Waals surface area contributed by atoms with E-state index in [9.17, 15) is 4.79 Å². The van der Waals surface area contributed by atoms with Gasteiger partial charge in [-0.25, -0.2) is 4.98 Å². The zero-order chi connectivity index (χ0) is 28.9. The monoisotopic (exact) mass is 571 g/mol. The van der Waals surface area contributed by atoms with Gasteiger partial charge in [-0.15, -0.1) is 0 Å². The number of benzene rings is 3. The summed E-state index contributed by atoms with van der Waals surface area (Å²) in [6, 6.07) is 19.6. The number of ether oxygens (including phenoxy) is 1. The van der Waals surface area contributed by atoms with Gasteiger partial charge in [0.05, 0.1) is 18.3 Å². The van der Waals surface area contributed by atoms with E-state index in [1.54, 1.807) is 19.2 Å². The molecule has 5 rings (SSSR count). The van der Waals surface area contributed by atoms with Crippen LogP contribution in [0.4, 0.5) is 34.5 Å². The average molecular weight is 572 g/mol. The fourth-order valence-electron chi connectivity index (χ4n) is 5.00. The van der Waals surface area contributed by atoms with Crippen LogP contribution in [0.15, 0.2) is 73.3 Å². The second kappa shape index (κ2) is 12.4. The zero-order valence-electron chi connectivity index (χ0n) is 23.4. The number of hydrogen-bond donors (Lipinski definition) is 3. The summed E-state index contributed by atoms with van der Waals surface area (Å²) in [5, 5.41) is 10.8. The molecule has 0 atom stereocenters. The maximum Gasteiger partial charge on any atom is 0.247 e. The van der Waals surface area contributed by atoms with Gasteiger partial charge < -0.3 is 30.5 Å². The van der Waals surface area contributed by atoms with E-state index in [0.717, 1.165) is 48.4 Å². The van der Waals surface area contributed by atoms with Crippen molar-refractivity contribution in [1.29, 1.82) is 0 Å². The number of nitrogens with one attached hydrogen (secondary N) is 3. The number of anilines is 6. The van der Waals surface area contributed by atoms with Crippen molar-refractivity contribution in [1.82, 2.24) is 14.9 Å². The lowest BCUT2D eigenvalue weighted by atomic mass is 10.0. The molecule has 41 heavy (non-hydrogen) atoms. The summed E-state index contributed by atoms with van der Waals surface area (Å²) < 4.78 is 5.76. The molecule has 2 heterocycles. The minimum Gasteiger partial charge on any atom is -0.494 e. The van der Waals surface area contributed by atoms with E-state index in [4.69, 9.17) is 26.3 Å². The molecule has 1 saturated heterocycles. The Morgan fingerprint density at radius 2 is 1.83 bits per heavy atom. The van der Waals surface area contributed by atoms with E-state index in [1.165, 1.54) is 6.08 Å². The molecule has 1 amide bonds. The molecule has 4 aromatic rings. The van der Waals surface area contributed by atoms with Gasteiger partial charge in [0.15, 0.2) is 0 Å². The number of methoxy groups -OCH3 is 1. The van der Waals surface area contributed by atoms with E-state index in [-0.39, 0.29) is 5.91 Å². The van der Waals surface area contributed by atoms with Crippen LogP contribution in [0.2, 0.25) is 5.02 Å². The third-order valence-corrected chi connectivity index (χ3v) is 7.46. The van der Waals surface area contributed by atoms with Crippen molar-refractivity contribution in [2.75, 3.05) is 55.1 Å². The molecule has 0 bridgehead atoms. The standard InChI is InChI=1S/C31H34ClN7O2/c1-5-29(40)33-21-7-6-8-22(18-21)34-30-25-17-20(32)9-11-26(25)35-31(37-30)36-27-12-10-24(19-28(27)41-4)39-15-13-23(14-16-39)38(2)3/h5-12,17-19,23H,1,13-16H2,2-4H3,(H,33,40)(H2,34,35,36,37). The minimum absolute atomic E-state index is 0.286. The highest BCUT2D eigenvalue weighted by Crippen LogP contribution is 2.34. The fraction of sp³-hybridized carbons (Fsp3) is 0.258. The smallest absolute Gasteiger partial charge is 0.247 e. The summed E-state index contributed by atoms with van der Waals surface area (Å²) in [5.41, 5.74) is 3.96. The second-order valence-corrected chi connectivity index (χ2v) is 10.6. The van der Waals surface area contributed by atoms with Crippen molar-refractivity contribution in [2.45, 2.75) is 18.9 Å². The number of carbonyl (C=O) groups is 1. The van der Waals surface area contributed by atoms with E-state index < -0.39 is 0 Å². The maximum atomic E-state index is 11.8. The summed E-state index contributed by atoms with van der Waals surface area (Å²) >= 11 is 6.32. The number of amides is 1. The average Bonchev–Trinajstić information content (AvgIpc) is 2.98. The molecule has 1 aliphatic rings. The molecule has 0 spiro atoms. The SMILES string of the molecule is C=CC(=O)Nc1cccc(Nc2nc(Nc3ccc(N4CCC(N(C)C)CC4)cc3OC)nc3ccc(Cl)cc23)c1. The van der Waals surface area contributed by atoms with Crippen LogP contribution < -0.4 is 25.6 Å². The molecule has 212 valence electrons. The Labute approximate surface area is 245 Å². The van der Waals surface area contributed by atoms with Gasteiger partial charge in [-0.3, -0.25) is 4.79 Å². The second-order valence-electron chi connectivity index (χ2n) is 10.1. The number of aromatic nitrogens is 2. The Balaban J connectivity index is 1.42. The van der Waals surface area contributed by atoms with E-state index in [2.05, 4.69) is 58.6 Å². The van der Waals surface area contributed by atoms with Crippen molar-refractivity contribution < 1.29 is 9.53 Å². The number of hydrogen-bond acceptors (Lipinski definition) is 8. The van der Waals surface area contributed by atoms with Gasteiger partial charge in [-0.1, -0.05) is 24.2 Å². The lowest BCUT2D eigenvalue weighted by molar-refractivity contribution is -0.111. The first-order chi connectivity index (χ1) is 19.8. The fourth-order valence-corrected chi connectivity index (χ4v) is 5.17. The van der Waals surface area contributed by atoms with Gasteiger partial charge >= 0.3 is 0 Å². The first-order valence-corrected chi connectivity index (χ1v) is 13.8. The van der Waals surface area contributed by atoms with Crippen LogP contribution in [0, 0.1) is 0 Å². The van der Waals surface area contributed by atoms with Crippen LogP contribution in [0.25, 0.3) is 10.9 Å². The van der Waals surface area contributed by atoms with Gasteiger partial charge in [-0.05, 0) is 81.5 Å². The molecule has 1 aromatic heterocycles. The molecule has 1 aliphatic heterocycles. The largest absolute Gasteiger partial charge is 0.494 e. The van der Waals surface area contributed by atoms with Gasteiger partial charge in [-0.2, -0.15) is 4.98 Å². The highest BCUT2D eigenvalue weighted by molar-refractivity contribution is 6.31. The molecule has 0 aliphatic carbocycles. The summed E-state index contributed by atoms with van der Waals surface area (Å²) in [7, 11) is 5.96. The molecular formula is C31H34ClN7O2. The van der Waals surface area contributed by atoms with Crippen LogP contribution >= 0.6 is 11.6 Å². The first kappa shape index (κ1) is 28.2. The first-order valence-electron chi connectivity index (χ1n) is 13.5. The number of piperidine rings is 1. The molecule has 0 radical (unpaired) electrons. The van der Waals surface area contributed by atoms with Crippen molar-refractivity contribution in [2.24, 2.45) is 0 Å². The molecule has 3 aromatic carbocycles. The van der Waals surface area contributed by atoms with Crippen LogP contribution in [-0.2, 0) is 4.79 Å². The molecule has 10 heteroatoms. The lowest BCUT2D eigenvalue weighted by Crippen LogP contribution is -2.41. The van der Waals surface area contributed by atoms with Crippen molar-refractivity contribution in [3.8, 4) is 5.75 Å². The third kappa shape index (κ3) is 6.70. The number of carbonyl (C=O) groups excluding carboxylic acids is 1. The number of rotatable bonds is 9. The Hall–Kier alpha value is -4.34. The molecule has 9 nitrogen and oxygen atoms in total. The Bertz CT molecular complexity index is 1570. The molecular weight excluding hydrogens is 538 g/mol. The van der Waals surface area contributed by atoms with Crippen LogP contribution in [0.3, 0.4) is 0 Å². The Morgan fingerprint density at radius 3 is 2.56 bits per heavy atom. The molecule has 0 unspecified atom stereocenters. The van der Waals surface area contributed by atoms with Crippen molar-refractivity contribution in [3.05, 3.63) is 78.3 Å². The number of fused-ring (bicyclic) bond motifs is 1. The third-order valence-electron chi connectivity index (χ3n) is 7.23. The number of halogens is 1. The maximum absolute atomic E-state index is 11.8. The van der Waals surface area contributed by atoms with Crippen LogP contribution in [0.1, 0.15) is 12.8 Å². The zero-order valence-corrected chi connectivity index (χ0v) is 24.2. The predicted molar refractivity (Wildman–Crippen MR) is 168 cm³/mol. The lowest BCUT2D eigenvalue weighted by Gasteiger charge is -2.36. The Kier molecular flexibility index (Phi) is 8.56. The van der Waals surface area contributed by atoms with Crippen molar-refractivity contribution >= 4 is 62.9 Å². The highest BCUT2D eigenvalue weighted by atomic mass is 35.5. The van der Waals surface area contributed by atoms with E-state index in [0.29, 0.717) is 39.8 Å². The minimum atomic E-state index is -0.286. The summed E-state index contributed by atoms with van der Waals surface area (Å²) in [6.07, 6.45) is 3.49. The quantitative estimate of drug-likeness (QED) is 0.198. The molecule has 0 saturated carbocycles. The summed E-state index contributed by atoms with van der Waals surface area (Å²) in [6.45, 7) is 5.51. The van der Waals surface area contributed by atoms with Gasteiger partial charge in [0.2, 0.25) is 11.9 Å². The van der Waals surface area contributed by atoms with Gasteiger partial charge in [0.25, 0.3) is 0 Å².